The molecule has 25 heavy (non-hydrogen) atoms. The lowest BCUT2D eigenvalue weighted by atomic mass is 10.1. The second-order valence-corrected chi connectivity index (χ2v) is 6.02. The number of furan rings is 1. The monoisotopic (exact) mass is 342 g/mol. The zero-order valence-corrected chi connectivity index (χ0v) is 15.0. The summed E-state index contributed by atoms with van der Waals surface area (Å²) in [5.74, 6) is 1.68. The molecule has 6 heteroatoms. The van der Waals surface area contributed by atoms with Gasteiger partial charge in [-0.15, -0.1) is 0 Å². The van der Waals surface area contributed by atoms with Crippen molar-refractivity contribution in [3.63, 3.8) is 0 Å². The number of anilines is 1. The van der Waals surface area contributed by atoms with Crippen LogP contribution in [0.5, 0.6) is 0 Å². The Balaban J connectivity index is 1.76. The summed E-state index contributed by atoms with van der Waals surface area (Å²) >= 11 is 0. The minimum Gasteiger partial charge on any atom is -0.469 e. The first-order valence-corrected chi connectivity index (χ1v) is 8.45. The standard InChI is InChI=1S/C19H26N4O2/c1-14(2)18(24)23-16-8-6-15(7-9-16)13-22-19(20-3)21-11-10-17-5-4-12-25-17/h4-9,12,14H,10-11,13H2,1-3H3,(H,23,24)(H2,20,21,22). The van der Waals surface area contributed by atoms with E-state index in [2.05, 4.69) is 20.9 Å². The van der Waals surface area contributed by atoms with Gasteiger partial charge in [-0.2, -0.15) is 0 Å². The van der Waals surface area contributed by atoms with Gasteiger partial charge in [0.2, 0.25) is 5.91 Å². The van der Waals surface area contributed by atoms with Crippen LogP contribution in [0.15, 0.2) is 52.1 Å². The Morgan fingerprint density at radius 3 is 2.52 bits per heavy atom. The van der Waals surface area contributed by atoms with Crippen molar-refractivity contribution in [2.75, 3.05) is 18.9 Å². The first kappa shape index (κ1) is 18.6. The van der Waals surface area contributed by atoms with Crippen LogP contribution in [0.3, 0.4) is 0 Å². The van der Waals surface area contributed by atoms with E-state index in [1.165, 1.54) is 0 Å². The lowest BCUT2D eigenvalue weighted by molar-refractivity contribution is -0.118. The molecule has 1 aromatic heterocycles. The third-order valence-electron chi connectivity index (χ3n) is 3.67. The molecule has 0 bridgehead atoms. The topological polar surface area (TPSA) is 78.7 Å². The van der Waals surface area contributed by atoms with E-state index >= 15 is 0 Å². The molecule has 3 N–H and O–H groups in total. The van der Waals surface area contributed by atoms with Gasteiger partial charge in [0.15, 0.2) is 5.96 Å². The van der Waals surface area contributed by atoms with Crippen LogP contribution in [-0.4, -0.2) is 25.5 Å². The number of guanidine groups is 1. The van der Waals surface area contributed by atoms with Gasteiger partial charge in [0, 0.05) is 38.2 Å². The van der Waals surface area contributed by atoms with Crippen LogP contribution in [0, 0.1) is 5.92 Å². The molecule has 0 spiro atoms. The molecular formula is C19H26N4O2. The molecular weight excluding hydrogens is 316 g/mol. The third kappa shape index (κ3) is 6.33. The summed E-state index contributed by atoms with van der Waals surface area (Å²) in [6.07, 6.45) is 2.48. The number of hydrogen-bond donors (Lipinski definition) is 3. The molecule has 2 rings (SSSR count). The highest BCUT2D eigenvalue weighted by Gasteiger charge is 2.06. The molecule has 0 radical (unpaired) electrons. The number of carbonyl (C=O) groups is 1. The van der Waals surface area contributed by atoms with Gasteiger partial charge in [-0.05, 0) is 29.8 Å². The highest BCUT2D eigenvalue weighted by molar-refractivity contribution is 5.92. The Kier molecular flexibility index (Phi) is 7.07. The number of carbonyl (C=O) groups excluding carboxylic acids is 1. The maximum absolute atomic E-state index is 11.7. The number of benzene rings is 1. The van der Waals surface area contributed by atoms with Crippen molar-refractivity contribution in [1.29, 1.82) is 0 Å². The zero-order chi connectivity index (χ0) is 18.1. The van der Waals surface area contributed by atoms with Crippen molar-refractivity contribution >= 4 is 17.6 Å². The average molecular weight is 342 g/mol. The molecule has 2 aromatic rings. The SMILES string of the molecule is CN=C(NCCc1ccco1)NCc1ccc(NC(=O)C(C)C)cc1. The van der Waals surface area contributed by atoms with Gasteiger partial charge in [0.1, 0.15) is 5.76 Å². The van der Waals surface area contributed by atoms with Gasteiger partial charge in [0.05, 0.1) is 6.26 Å². The van der Waals surface area contributed by atoms with E-state index in [1.807, 2.05) is 50.2 Å². The predicted molar refractivity (Wildman–Crippen MR) is 101 cm³/mol. The molecule has 0 atom stereocenters. The quantitative estimate of drug-likeness (QED) is 0.534. The van der Waals surface area contributed by atoms with E-state index < -0.39 is 0 Å². The molecule has 6 nitrogen and oxygen atoms in total. The lowest BCUT2D eigenvalue weighted by Crippen LogP contribution is -2.37. The van der Waals surface area contributed by atoms with E-state index in [-0.39, 0.29) is 11.8 Å². The van der Waals surface area contributed by atoms with Crippen LogP contribution in [0.4, 0.5) is 5.69 Å². The zero-order valence-electron chi connectivity index (χ0n) is 15.0. The van der Waals surface area contributed by atoms with Crippen LogP contribution >= 0.6 is 0 Å². The largest absolute Gasteiger partial charge is 0.469 e. The van der Waals surface area contributed by atoms with E-state index in [0.29, 0.717) is 6.54 Å². The van der Waals surface area contributed by atoms with Gasteiger partial charge in [-0.3, -0.25) is 9.79 Å². The van der Waals surface area contributed by atoms with Crippen LogP contribution in [0.25, 0.3) is 0 Å². The molecule has 1 aromatic carbocycles. The lowest BCUT2D eigenvalue weighted by Gasteiger charge is -2.12. The fourth-order valence-corrected chi connectivity index (χ4v) is 2.16. The molecule has 0 aliphatic carbocycles. The van der Waals surface area contributed by atoms with Gasteiger partial charge < -0.3 is 20.4 Å². The number of nitrogens with zero attached hydrogens (tertiary/aromatic N) is 1. The maximum Gasteiger partial charge on any atom is 0.226 e. The van der Waals surface area contributed by atoms with Crippen molar-refractivity contribution < 1.29 is 9.21 Å². The number of nitrogens with one attached hydrogen (secondary N) is 3. The van der Waals surface area contributed by atoms with Crippen molar-refractivity contribution in [1.82, 2.24) is 10.6 Å². The van der Waals surface area contributed by atoms with Gasteiger partial charge in [0.25, 0.3) is 0 Å². The Hall–Kier alpha value is -2.76. The molecule has 1 heterocycles. The Morgan fingerprint density at radius 2 is 1.92 bits per heavy atom. The average Bonchev–Trinajstić information content (AvgIpc) is 3.12. The highest BCUT2D eigenvalue weighted by atomic mass is 16.3. The van der Waals surface area contributed by atoms with Crippen LogP contribution < -0.4 is 16.0 Å². The third-order valence-corrected chi connectivity index (χ3v) is 3.67. The molecule has 0 saturated heterocycles. The van der Waals surface area contributed by atoms with Gasteiger partial charge in [-0.25, -0.2) is 0 Å². The van der Waals surface area contributed by atoms with E-state index in [4.69, 9.17) is 4.42 Å². The van der Waals surface area contributed by atoms with Crippen LogP contribution in [0.1, 0.15) is 25.2 Å². The van der Waals surface area contributed by atoms with Gasteiger partial charge in [-0.1, -0.05) is 26.0 Å². The summed E-state index contributed by atoms with van der Waals surface area (Å²) in [7, 11) is 1.74. The molecule has 0 aliphatic rings. The molecule has 1 amide bonds. The molecule has 0 saturated carbocycles. The molecule has 134 valence electrons. The molecule has 0 unspecified atom stereocenters. The number of rotatable bonds is 7. The Labute approximate surface area is 148 Å². The minimum atomic E-state index is -0.0306. The number of hydrogen-bond acceptors (Lipinski definition) is 3. The maximum atomic E-state index is 11.7. The smallest absolute Gasteiger partial charge is 0.226 e. The van der Waals surface area contributed by atoms with E-state index in [1.54, 1.807) is 13.3 Å². The summed E-state index contributed by atoms with van der Waals surface area (Å²) in [6, 6.07) is 11.6. The van der Waals surface area contributed by atoms with E-state index in [9.17, 15) is 4.79 Å². The summed E-state index contributed by atoms with van der Waals surface area (Å²) in [5, 5.41) is 9.40. The second-order valence-electron chi connectivity index (χ2n) is 6.02. The fourth-order valence-electron chi connectivity index (χ4n) is 2.16. The molecule has 0 aliphatic heterocycles. The summed E-state index contributed by atoms with van der Waals surface area (Å²) in [5.41, 5.74) is 1.92. The normalized spacial score (nSPS) is 11.4. The van der Waals surface area contributed by atoms with Crippen molar-refractivity contribution in [2.45, 2.75) is 26.8 Å². The summed E-state index contributed by atoms with van der Waals surface area (Å²) in [6.45, 7) is 5.14. The minimum absolute atomic E-state index is 0.0204. The Bertz CT molecular complexity index is 676. The highest BCUT2D eigenvalue weighted by Crippen LogP contribution is 2.11. The number of amides is 1. The second kappa shape index (κ2) is 9.52. The van der Waals surface area contributed by atoms with Crippen molar-refractivity contribution in [3.8, 4) is 0 Å². The predicted octanol–water partition coefficient (Wildman–Crippen LogP) is 2.78. The summed E-state index contributed by atoms with van der Waals surface area (Å²) in [4.78, 5) is 15.9. The van der Waals surface area contributed by atoms with Crippen molar-refractivity contribution in [2.24, 2.45) is 10.9 Å². The Morgan fingerprint density at radius 1 is 1.16 bits per heavy atom. The molecule has 0 fully saturated rings. The summed E-state index contributed by atoms with van der Waals surface area (Å²) < 4.78 is 5.30. The van der Waals surface area contributed by atoms with Crippen LogP contribution in [-0.2, 0) is 17.8 Å². The first-order valence-electron chi connectivity index (χ1n) is 8.45. The van der Waals surface area contributed by atoms with Gasteiger partial charge >= 0.3 is 0 Å². The van der Waals surface area contributed by atoms with Crippen molar-refractivity contribution in [3.05, 3.63) is 54.0 Å². The fraction of sp³-hybridized carbons (Fsp3) is 0.368. The number of aliphatic imine (C=N–C) groups is 1. The van der Waals surface area contributed by atoms with E-state index in [0.717, 1.165) is 35.9 Å². The van der Waals surface area contributed by atoms with Crippen LogP contribution in [0.2, 0.25) is 0 Å². The first-order chi connectivity index (χ1) is 12.1.